The second-order valence-corrected chi connectivity index (χ2v) is 5.63. The molecule has 0 saturated carbocycles. The highest BCUT2D eigenvalue weighted by molar-refractivity contribution is 6.01. The first-order valence-electron chi connectivity index (χ1n) is 8.17. The average Bonchev–Trinajstić information content (AvgIpc) is 3.03. The fraction of sp³-hybridized carbons (Fsp3) is 0.167. The van der Waals surface area contributed by atoms with Gasteiger partial charge in [0.05, 0.1) is 5.69 Å². The van der Waals surface area contributed by atoms with Crippen molar-refractivity contribution in [2.24, 2.45) is 0 Å². The minimum absolute atomic E-state index is 0.0228. The van der Waals surface area contributed by atoms with Crippen molar-refractivity contribution in [1.82, 2.24) is 14.8 Å². The van der Waals surface area contributed by atoms with Gasteiger partial charge in [0.2, 0.25) is 5.82 Å². The van der Waals surface area contributed by atoms with Crippen LogP contribution in [-0.2, 0) is 0 Å². The normalized spacial score (nSPS) is 11.0. The van der Waals surface area contributed by atoms with Crippen LogP contribution in [0.4, 0.5) is 23.2 Å². The molecule has 7 nitrogen and oxygen atoms in total. The summed E-state index contributed by atoms with van der Waals surface area (Å²) < 4.78 is 59.0. The van der Waals surface area contributed by atoms with Crippen LogP contribution in [0.1, 0.15) is 16.4 Å². The number of benzene rings is 2. The van der Waals surface area contributed by atoms with Crippen LogP contribution in [0.15, 0.2) is 48.5 Å². The number of aryl methyl sites for hydroxylation is 1. The van der Waals surface area contributed by atoms with Crippen LogP contribution in [0.2, 0.25) is 0 Å². The van der Waals surface area contributed by atoms with Gasteiger partial charge in [0.15, 0.2) is 0 Å². The van der Waals surface area contributed by atoms with E-state index in [-0.39, 0.29) is 23.0 Å². The van der Waals surface area contributed by atoms with Gasteiger partial charge in [-0.1, -0.05) is 6.07 Å². The molecule has 0 fully saturated rings. The number of aromatic nitrogens is 3. The van der Waals surface area contributed by atoms with Crippen LogP contribution in [0.5, 0.6) is 11.5 Å². The summed E-state index contributed by atoms with van der Waals surface area (Å²) in [6.07, 6.45) is 0. The molecule has 0 spiro atoms. The molecule has 1 heterocycles. The molecule has 1 aromatic heterocycles. The molecule has 0 bridgehead atoms. The lowest BCUT2D eigenvalue weighted by atomic mass is 10.3. The van der Waals surface area contributed by atoms with Crippen molar-refractivity contribution in [2.75, 3.05) is 5.32 Å². The number of hydrogen-bond donors (Lipinski definition) is 1. The van der Waals surface area contributed by atoms with Crippen molar-refractivity contribution in [3.8, 4) is 17.2 Å². The second kappa shape index (κ2) is 8.59. The number of hydrogen-bond acceptors (Lipinski definition) is 5. The fourth-order valence-electron chi connectivity index (χ4n) is 2.44. The Labute approximate surface area is 161 Å². The number of ether oxygens (including phenoxy) is 2. The first-order valence-corrected chi connectivity index (χ1v) is 8.17. The largest absolute Gasteiger partial charge is 0.435 e. The Morgan fingerprint density at radius 3 is 2.31 bits per heavy atom. The summed E-state index contributed by atoms with van der Waals surface area (Å²) in [5.41, 5.74) is 0.693. The number of rotatable bonds is 7. The minimum atomic E-state index is -2.99. The van der Waals surface area contributed by atoms with Gasteiger partial charge in [-0.15, -0.1) is 5.10 Å². The maximum atomic E-state index is 12.4. The maximum Gasteiger partial charge on any atom is 0.387 e. The number of halogens is 4. The Hall–Kier alpha value is -3.63. The molecule has 0 unspecified atom stereocenters. The summed E-state index contributed by atoms with van der Waals surface area (Å²) >= 11 is 0. The van der Waals surface area contributed by atoms with Gasteiger partial charge in [-0.3, -0.25) is 4.79 Å². The Morgan fingerprint density at radius 2 is 1.66 bits per heavy atom. The van der Waals surface area contributed by atoms with Crippen molar-refractivity contribution in [3.05, 3.63) is 60.2 Å². The summed E-state index contributed by atoms with van der Waals surface area (Å²) in [5, 5.41) is 6.58. The van der Waals surface area contributed by atoms with E-state index in [1.807, 2.05) is 0 Å². The third-order valence-corrected chi connectivity index (χ3v) is 3.60. The van der Waals surface area contributed by atoms with Crippen LogP contribution in [0, 0.1) is 6.92 Å². The summed E-state index contributed by atoms with van der Waals surface area (Å²) in [5.74, 6) is -0.606. The quantitative estimate of drug-likeness (QED) is 0.595. The van der Waals surface area contributed by atoms with Gasteiger partial charge >= 0.3 is 13.2 Å². The molecule has 3 rings (SSSR count). The van der Waals surface area contributed by atoms with Crippen molar-refractivity contribution >= 4 is 11.6 Å². The van der Waals surface area contributed by atoms with E-state index in [1.165, 1.54) is 53.2 Å². The average molecular weight is 410 g/mol. The lowest BCUT2D eigenvalue weighted by Gasteiger charge is -2.07. The monoisotopic (exact) mass is 410 g/mol. The molecule has 2 aromatic carbocycles. The number of anilines is 1. The highest BCUT2D eigenvalue weighted by Crippen LogP contribution is 2.20. The van der Waals surface area contributed by atoms with Crippen LogP contribution >= 0.6 is 0 Å². The van der Waals surface area contributed by atoms with E-state index in [0.29, 0.717) is 11.5 Å². The molecule has 0 aliphatic heterocycles. The SMILES string of the molecule is Cc1nc(C(=O)Nc2cccc(OC(F)F)c2)nn1-c1ccc(OC(F)F)cc1. The summed E-state index contributed by atoms with van der Waals surface area (Å²) in [6.45, 7) is -4.32. The maximum absolute atomic E-state index is 12.4. The van der Waals surface area contributed by atoms with E-state index in [1.54, 1.807) is 6.92 Å². The highest BCUT2D eigenvalue weighted by Gasteiger charge is 2.16. The number of nitrogens with one attached hydrogen (secondary N) is 1. The van der Waals surface area contributed by atoms with Crippen molar-refractivity contribution in [1.29, 1.82) is 0 Å². The molecule has 1 amide bonds. The third-order valence-electron chi connectivity index (χ3n) is 3.60. The first-order chi connectivity index (χ1) is 13.8. The summed E-state index contributed by atoms with van der Waals surface area (Å²) in [7, 11) is 0. The molecular weight excluding hydrogens is 396 g/mol. The van der Waals surface area contributed by atoms with Gasteiger partial charge in [0.1, 0.15) is 17.3 Å². The molecule has 0 radical (unpaired) electrons. The molecule has 0 aliphatic carbocycles. The van der Waals surface area contributed by atoms with Gasteiger partial charge in [0.25, 0.3) is 5.91 Å². The van der Waals surface area contributed by atoms with Crippen molar-refractivity contribution < 1.29 is 31.8 Å². The van der Waals surface area contributed by atoms with Gasteiger partial charge in [-0.25, -0.2) is 9.67 Å². The molecular formula is C18H14F4N4O3. The zero-order valence-electron chi connectivity index (χ0n) is 14.9. The van der Waals surface area contributed by atoms with Crippen molar-refractivity contribution in [2.45, 2.75) is 20.1 Å². The first kappa shape index (κ1) is 20.1. The zero-order valence-corrected chi connectivity index (χ0v) is 14.9. The van der Waals surface area contributed by atoms with Crippen LogP contribution < -0.4 is 14.8 Å². The molecule has 3 aromatic rings. The Kier molecular flexibility index (Phi) is 5.96. The molecule has 11 heteroatoms. The van der Waals surface area contributed by atoms with Crippen LogP contribution in [0.25, 0.3) is 5.69 Å². The Morgan fingerprint density at radius 1 is 1.00 bits per heavy atom. The number of carbonyl (C=O) groups excluding carboxylic acids is 1. The Balaban J connectivity index is 1.75. The topological polar surface area (TPSA) is 78.3 Å². The van der Waals surface area contributed by atoms with E-state index < -0.39 is 19.1 Å². The van der Waals surface area contributed by atoms with E-state index in [4.69, 9.17) is 0 Å². The Bertz CT molecular complexity index is 993. The lowest BCUT2D eigenvalue weighted by molar-refractivity contribution is -0.0505. The van der Waals surface area contributed by atoms with Crippen molar-refractivity contribution in [3.63, 3.8) is 0 Å². The smallest absolute Gasteiger partial charge is 0.387 e. The van der Waals surface area contributed by atoms with Crippen LogP contribution in [0.3, 0.4) is 0 Å². The number of alkyl halides is 4. The van der Waals surface area contributed by atoms with Gasteiger partial charge in [-0.05, 0) is 43.3 Å². The predicted octanol–water partition coefficient (Wildman–Crippen LogP) is 4.03. The number of carbonyl (C=O) groups is 1. The highest BCUT2D eigenvalue weighted by atomic mass is 19.3. The van der Waals surface area contributed by atoms with E-state index in [2.05, 4.69) is 24.9 Å². The van der Waals surface area contributed by atoms with E-state index in [0.717, 1.165) is 0 Å². The predicted molar refractivity (Wildman–Crippen MR) is 93.8 cm³/mol. The molecule has 0 aliphatic rings. The molecule has 1 N–H and O–H groups in total. The molecule has 29 heavy (non-hydrogen) atoms. The molecule has 0 saturated heterocycles. The van der Waals surface area contributed by atoms with Gasteiger partial charge in [-0.2, -0.15) is 17.6 Å². The molecule has 152 valence electrons. The lowest BCUT2D eigenvalue weighted by Crippen LogP contribution is -2.14. The van der Waals surface area contributed by atoms with Crippen LogP contribution in [-0.4, -0.2) is 33.9 Å². The molecule has 0 atom stereocenters. The van der Waals surface area contributed by atoms with E-state index in [9.17, 15) is 22.4 Å². The van der Waals surface area contributed by atoms with E-state index >= 15 is 0 Å². The number of amides is 1. The second-order valence-electron chi connectivity index (χ2n) is 5.63. The number of nitrogens with zero attached hydrogens (tertiary/aromatic N) is 3. The summed E-state index contributed by atoms with van der Waals surface area (Å²) in [6, 6.07) is 11.1. The fourth-order valence-corrected chi connectivity index (χ4v) is 2.44. The minimum Gasteiger partial charge on any atom is -0.435 e. The van der Waals surface area contributed by atoms with Gasteiger partial charge in [0, 0.05) is 11.8 Å². The van der Waals surface area contributed by atoms with Gasteiger partial charge < -0.3 is 14.8 Å². The third kappa shape index (κ3) is 5.21. The standard InChI is InChI=1S/C18H14F4N4O3/c1-10-23-15(16(27)24-11-3-2-4-14(9-11)29-18(21)22)25-26(10)12-5-7-13(8-6-12)28-17(19)20/h2-9,17-18H,1H3,(H,24,27). The summed E-state index contributed by atoms with van der Waals surface area (Å²) in [4.78, 5) is 16.4. The zero-order chi connectivity index (χ0) is 21.0.